The van der Waals surface area contributed by atoms with Gasteiger partial charge in [0.25, 0.3) is 0 Å². The van der Waals surface area contributed by atoms with Gasteiger partial charge in [-0.05, 0) is 16.7 Å². The molecule has 0 atom stereocenters. The number of carbonyl (C=O) groups is 3. The average Bonchev–Trinajstić information content (AvgIpc) is 3.41. The Morgan fingerprint density at radius 3 is 1.51 bits per heavy atom. The molecule has 0 aliphatic carbocycles. The highest BCUT2D eigenvalue weighted by atomic mass is 16.5. The molecular formula is C30H23N3O6. The van der Waals surface area contributed by atoms with Gasteiger partial charge in [-0.3, -0.25) is 0 Å². The number of carbonyl (C=O) groups excluding carboxylic acids is 3. The number of benzene rings is 3. The quantitative estimate of drug-likeness (QED) is 0.201. The van der Waals surface area contributed by atoms with Crippen molar-refractivity contribution >= 4 is 23.6 Å². The highest BCUT2D eigenvalue weighted by Crippen LogP contribution is 2.18. The minimum absolute atomic E-state index is 0.00756. The van der Waals surface area contributed by atoms with Gasteiger partial charge in [-0.2, -0.15) is 5.10 Å². The molecule has 9 heteroatoms. The van der Waals surface area contributed by atoms with Gasteiger partial charge < -0.3 is 14.2 Å². The number of esters is 3. The van der Waals surface area contributed by atoms with Crippen molar-refractivity contribution in [1.29, 1.82) is 0 Å². The van der Waals surface area contributed by atoms with Gasteiger partial charge in [0.1, 0.15) is 30.9 Å². The smallest absolute Gasteiger partial charge is 0.358 e. The van der Waals surface area contributed by atoms with Crippen LogP contribution in [0.4, 0.5) is 0 Å². The molecule has 194 valence electrons. The van der Waals surface area contributed by atoms with Crippen LogP contribution in [0.5, 0.6) is 0 Å². The summed E-state index contributed by atoms with van der Waals surface area (Å²) in [6, 6.07) is 27.4. The van der Waals surface area contributed by atoms with Gasteiger partial charge in [-0.25, -0.2) is 23.9 Å². The molecule has 0 saturated heterocycles. The largest absolute Gasteiger partial charge is 0.457 e. The number of rotatable bonds is 9. The first kappa shape index (κ1) is 25.3. The van der Waals surface area contributed by atoms with Gasteiger partial charge in [0.05, 0.1) is 6.20 Å². The molecule has 5 aromatic rings. The predicted octanol–water partition coefficient (Wildman–Crippen LogP) is 4.80. The van der Waals surface area contributed by atoms with Crippen LogP contribution in [0, 0.1) is 0 Å². The third kappa shape index (κ3) is 6.16. The lowest BCUT2D eigenvalue weighted by Crippen LogP contribution is -2.18. The number of ether oxygens (including phenoxy) is 3. The lowest BCUT2D eigenvalue weighted by Gasteiger charge is -2.11. The molecule has 0 spiro atoms. The Kier molecular flexibility index (Phi) is 7.68. The van der Waals surface area contributed by atoms with Crippen LogP contribution in [0.25, 0.3) is 5.65 Å². The molecule has 0 amide bonds. The monoisotopic (exact) mass is 521 g/mol. The summed E-state index contributed by atoms with van der Waals surface area (Å²) in [4.78, 5) is 43.4. The molecule has 0 N–H and O–H groups in total. The second-order valence-electron chi connectivity index (χ2n) is 8.51. The van der Waals surface area contributed by atoms with Crippen LogP contribution in [0.15, 0.2) is 103 Å². The Hall–Kier alpha value is -5.31. The Morgan fingerprint density at radius 1 is 0.590 bits per heavy atom. The van der Waals surface area contributed by atoms with Crippen LogP contribution in [0.3, 0.4) is 0 Å². The second kappa shape index (κ2) is 11.8. The van der Waals surface area contributed by atoms with E-state index < -0.39 is 17.9 Å². The summed E-state index contributed by atoms with van der Waals surface area (Å²) in [5.74, 6) is -2.31. The van der Waals surface area contributed by atoms with Crippen LogP contribution in [-0.2, 0) is 34.0 Å². The van der Waals surface area contributed by atoms with E-state index in [2.05, 4.69) is 10.1 Å². The molecule has 9 nitrogen and oxygen atoms in total. The zero-order chi connectivity index (χ0) is 27.0. The molecule has 0 bridgehead atoms. The van der Waals surface area contributed by atoms with E-state index in [1.165, 1.54) is 16.9 Å². The van der Waals surface area contributed by atoms with E-state index in [0.29, 0.717) is 0 Å². The minimum atomic E-state index is -0.849. The number of nitrogens with zero attached hydrogens (tertiary/aromatic N) is 3. The Labute approximate surface area is 223 Å². The minimum Gasteiger partial charge on any atom is -0.457 e. The Bertz CT molecular complexity index is 1600. The molecule has 0 unspecified atom stereocenters. The van der Waals surface area contributed by atoms with Crippen LogP contribution in [0.2, 0.25) is 0 Å². The summed E-state index contributed by atoms with van der Waals surface area (Å²) in [5, 5.41) is 4.14. The summed E-state index contributed by atoms with van der Waals surface area (Å²) in [7, 11) is 0. The molecule has 0 saturated carbocycles. The highest BCUT2D eigenvalue weighted by Gasteiger charge is 2.26. The molecule has 2 heterocycles. The molecule has 0 aliphatic heterocycles. The summed E-state index contributed by atoms with van der Waals surface area (Å²) in [5.41, 5.74) is 1.97. The van der Waals surface area contributed by atoms with Gasteiger partial charge >= 0.3 is 17.9 Å². The maximum Gasteiger partial charge on any atom is 0.358 e. The third-order valence-corrected chi connectivity index (χ3v) is 5.76. The number of fused-ring (bicyclic) bond motifs is 1. The third-order valence-electron chi connectivity index (χ3n) is 5.76. The van der Waals surface area contributed by atoms with Gasteiger partial charge in [0.2, 0.25) is 0 Å². The first-order valence-electron chi connectivity index (χ1n) is 12.1. The molecule has 0 fully saturated rings. The van der Waals surface area contributed by atoms with Crippen molar-refractivity contribution in [3.63, 3.8) is 0 Å². The van der Waals surface area contributed by atoms with Crippen molar-refractivity contribution in [3.05, 3.63) is 137 Å². The predicted molar refractivity (Wildman–Crippen MR) is 140 cm³/mol. The van der Waals surface area contributed by atoms with Crippen molar-refractivity contribution in [3.8, 4) is 0 Å². The zero-order valence-corrected chi connectivity index (χ0v) is 20.7. The average molecular weight is 522 g/mol. The summed E-state index contributed by atoms with van der Waals surface area (Å²) in [6.45, 7) is 0.00946. The van der Waals surface area contributed by atoms with Crippen molar-refractivity contribution < 1.29 is 28.6 Å². The first-order valence-corrected chi connectivity index (χ1v) is 12.1. The number of aromatic nitrogens is 3. The van der Waals surface area contributed by atoms with Crippen LogP contribution in [-0.4, -0.2) is 32.5 Å². The maximum atomic E-state index is 13.1. The maximum absolute atomic E-state index is 13.1. The topological polar surface area (TPSA) is 109 Å². The first-order chi connectivity index (χ1) is 19.1. The summed E-state index contributed by atoms with van der Waals surface area (Å²) >= 11 is 0. The number of hydrogen-bond donors (Lipinski definition) is 0. The van der Waals surface area contributed by atoms with Gasteiger partial charge in [-0.1, -0.05) is 91.0 Å². The van der Waals surface area contributed by atoms with Gasteiger partial charge in [0.15, 0.2) is 11.3 Å². The van der Waals surface area contributed by atoms with E-state index >= 15 is 0 Å². The van der Waals surface area contributed by atoms with Crippen molar-refractivity contribution in [2.45, 2.75) is 19.8 Å². The van der Waals surface area contributed by atoms with E-state index in [-0.39, 0.29) is 42.3 Å². The van der Waals surface area contributed by atoms with E-state index in [0.717, 1.165) is 16.7 Å². The van der Waals surface area contributed by atoms with Gasteiger partial charge in [0, 0.05) is 6.20 Å². The van der Waals surface area contributed by atoms with Crippen molar-refractivity contribution in [2.75, 3.05) is 0 Å². The van der Waals surface area contributed by atoms with Crippen LogP contribution < -0.4 is 0 Å². The lowest BCUT2D eigenvalue weighted by atomic mass is 10.2. The second-order valence-corrected chi connectivity index (χ2v) is 8.51. The normalized spacial score (nSPS) is 10.7. The molecule has 5 rings (SSSR count). The fraction of sp³-hybridized carbons (Fsp3) is 0.100. The molecule has 0 aliphatic rings. The fourth-order valence-electron chi connectivity index (χ4n) is 3.75. The molecule has 39 heavy (non-hydrogen) atoms. The Morgan fingerprint density at radius 2 is 1.03 bits per heavy atom. The van der Waals surface area contributed by atoms with E-state index in [1.807, 2.05) is 78.9 Å². The van der Waals surface area contributed by atoms with E-state index in [4.69, 9.17) is 14.2 Å². The van der Waals surface area contributed by atoms with Crippen molar-refractivity contribution in [1.82, 2.24) is 14.6 Å². The highest BCUT2D eigenvalue weighted by molar-refractivity contribution is 6.03. The Balaban J connectivity index is 1.42. The van der Waals surface area contributed by atoms with Gasteiger partial charge in [-0.15, -0.1) is 0 Å². The lowest BCUT2D eigenvalue weighted by molar-refractivity contribution is 0.0419. The summed E-state index contributed by atoms with van der Waals surface area (Å²) in [6.07, 6.45) is 2.57. The van der Waals surface area contributed by atoms with Crippen LogP contribution >= 0.6 is 0 Å². The number of hydrogen-bond acceptors (Lipinski definition) is 8. The van der Waals surface area contributed by atoms with Crippen molar-refractivity contribution in [2.24, 2.45) is 0 Å². The standard InChI is InChI=1S/C30H23N3O6/c34-28(37-18-21-10-4-1-5-11-21)24-16-31-33-17-25(29(35)38-19-22-12-6-2-7-13-22)26(32-27(24)33)30(36)39-20-23-14-8-3-9-15-23/h1-17H,18-20H2. The molecule has 2 aromatic heterocycles. The van der Waals surface area contributed by atoms with E-state index in [1.54, 1.807) is 12.1 Å². The molecule has 0 radical (unpaired) electrons. The van der Waals surface area contributed by atoms with Crippen LogP contribution in [0.1, 0.15) is 47.9 Å². The molecule has 3 aromatic carbocycles. The molecular weight excluding hydrogens is 498 g/mol. The fourth-order valence-corrected chi connectivity index (χ4v) is 3.75. The SMILES string of the molecule is O=C(OCc1ccccc1)c1cn2ncc(C(=O)OCc3ccccc3)c2nc1C(=O)OCc1ccccc1. The van der Waals surface area contributed by atoms with E-state index in [9.17, 15) is 14.4 Å². The zero-order valence-electron chi connectivity index (χ0n) is 20.7. The summed E-state index contributed by atoms with van der Waals surface area (Å²) < 4.78 is 17.5.